The summed E-state index contributed by atoms with van der Waals surface area (Å²) in [6.07, 6.45) is 3.68. The lowest BCUT2D eigenvalue weighted by atomic mass is 9.60. The fraction of sp³-hybridized carbons (Fsp3) is 0.512. The van der Waals surface area contributed by atoms with Crippen LogP contribution < -0.4 is 9.47 Å². The standard InChI is InChI=1S/C41H44O7/c1-20(2)26-16-27-28(19-40-15-9-14-38(5,6)30(40)17-29(27)47-40)35-34(26)46-37-39(7,48-35)32-33(45-37)25-13-12-23-21(3)10-8-11-24(23)31(25)41(44,36(32)43)18-22(4)42/h8,10-13,16,20,29-30,37,44H,9,14-15,17-19H2,1-7H3/t29-,30-,37+,39+,40+,41+/m0/s1. The van der Waals surface area contributed by atoms with E-state index in [1.165, 1.54) is 13.3 Å². The molecule has 0 unspecified atom stereocenters. The largest absolute Gasteiger partial charge is 0.470 e. The Morgan fingerprint density at radius 3 is 2.58 bits per heavy atom. The van der Waals surface area contributed by atoms with Gasteiger partial charge in [0.25, 0.3) is 6.29 Å². The van der Waals surface area contributed by atoms with Crippen LogP contribution >= 0.6 is 0 Å². The van der Waals surface area contributed by atoms with Gasteiger partial charge in [-0.2, -0.15) is 0 Å². The Kier molecular flexibility index (Phi) is 6.02. The van der Waals surface area contributed by atoms with Crippen molar-refractivity contribution in [2.24, 2.45) is 11.3 Å². The summed E-state index contributed by atoms with van der Waals surface area (Å²) in [5, 5.41) is 14.1. The fourth-order valence-corrected chi connectivity index (χ4v) is 10.4. The summed E-state index contributed by atoms with van der Waals surface area (Å²) in [4.78, 5) is 27.6. The second kappa shape index (κ2) is 9.51. The highest BCUT2D eigenvalue weighted by Crippen LogP contribution is 2.65. The van der Waals surface area contributed by atoms with Crippen LogP contribution in [-0.2, 0) is 31.1 Å². The highest BCUT2D eigenvalue weighted by molar-refractivity contribution is 6.16. The third kappa shape index (κ3) is 3.72. The van der Waals surface area contributed by atoms with Gasteiger partial charge >= 0.3 is 0 Å². The smallest absolute Gasteiger partial charge is 0.285 e. The lowest BCUT2D eigenvalue weighted by Crippen LogP contribution is -2.55. The molecule has 2 bridgehead atoms. The van der Waals surface area contributed by atoms with Crippen molar-refractivity contribution < 1.29 is 33.6 Å². The maximum absolute atomic E-state index is 14.9. The lowest BCUT2D eigenvalue weighted by Gasteiger charge is -2.49. The van der Waals surface area contributed by atoms with Gasteiger partial charge in [0.15, 0.2) is 17.1 Å². The van der Waals surface area contributed by atoms with Gasteiger partial charge in [-0.3, -0.25) is 9.59 Å². The van der Waals surface area contributed by atoms with Crippen LogP contribution in [0.2, 0.25) is 0 Å². The molecule has 2 fully saturated rings. The highest BCUT2D eigenvalue weighted by atomic mass is 16.7. The van der Waals surface area contributed by atoms with E-state index in [1.807, 2.05) is 44.2 Å². The molecule has 0 amide bonds. The van der Waals surface area contributed by atoms with Gasteiger partial charge < -0.3 is 24.1 Å². The molecule has 3 aromatic rings. The Morgan fingerprint density at radius 1 is 1.04 bits per heavy atom. The van der Waals surface area contributed by atoms with Crippen LogP contribution in [0.1, 0.15) is 119 Å². The zero-order valence-corrected chi connectivity index (χ0v) is 28.9. The quantitative estimate of drug-likeness (QED) is 0.309. The number of ether oxygens (including phenoxy) is 4. The molecule has 1 N–H and O–H groups in total. The molecule has 6 atom stereocenters. The van der Waals surface area contributed by atoms with Crippen molar-refractivity contribution in [1.82, 2.24) is 0 Å². The molecule has 0 aromatic heterocycles. The summed E-state index contributed by atoms with van der Waals surface area (Å²) in [5.41, 5.74) is 1.95. The van der Waals surface area contributed by atoms with Crippen molar-refractivity contribution in [2.45, 2.75) is 122 Å². The van der Waals surface area contributed by atoms with E-state index in [0.717, 1.165) is 58.7 Å². The van der Waals surface area contributed by atoms with Gasteiger partial charge in [0, 0.05) is 35.1 Å². The van der Waals surface area contributed by atoms with Crippen LogP contribution in [0.15, 0.2) is 42.0 Å². The third-order valence-corrected chi connectivity index (χ3v) is 12.7. The molecule has 0 radical (unpaired) electrons. The van der Waals surface area contributed by atoms with Crippen molar-refractivity contribution >= 4 is 28.1 Å². The number of hydrogen-bond acceptors (Lipinski definition) is 7. The van der Waals surface area contributed by atoms with E-state index in [1.54, 1.807) is 0 Å². The molecule has 3 aromatic carbocycles. The minimum absolute atomic E-state index is 0.0248. The molecule has 2 aliphatic carbocycles. The van der Waals surface area contributed by atoms with Crippen LogP contribution in [0, 0.1) is 18.3 Å². The molecule has 9 rings (SSSR count). The zero-order chi connectivity index (χ0) is 33.7. The number of rotatable bonds is 3. The van der Waals surface area contributed by atoms with Crippen molar-refractivity contribution in [2.75, 3.05) is 0 Å². The Labute approximate surface area is 281 Å². The zero-order valence-electron chi connectivity index (χ0n) is 28.9. The van der Waals surface area contributed by atoms with Crippen molar-refractivity contribution in [3.8, 4) is 11.5 Å². The predicted octanol–water partition coefficient (Wildman–Crippen LogP) is 7.90. The Hall–Kier alpha value is -3.68. The molecule has 4 aliphatic heterocycles. The number of aryl methyl sites for hydroxylation is 1. The Morgan fingerprint density at radius 2 is 1.83 bits per heavy atom. The summed E-state index contributed by atoms with van der Waals surface area (Å²) in [5.74, 6) is 1.38. The molecule has 48 heavy (non-hydrogen) atoms. The van der Waals surface area contributed by atoms with E-state index >= 15 is 0 Å². The van der Waals surface area contributed by atoms with Gasteiger partial charge in [0.05, 0.1) is 17.3 Å². The molecule has 250 valence electrons. The van der Waals surface area contributed by atoms with E-state index in [2.05, 4.69) is 33.8 Å². The number of benzene rings is 3. The molecule has 1 spiro atoms. The van der Waals surface area contributed by atoms with Crippen LogP contribution in [0.4, 0.5) is 0 Å². The summed E-state index contributed by atoms with van der Waals surface area (Å²) < 4.78 is 27.7. The van der Waals surface area contributed by atoms with E-state index in [-0.39, 0.29) is 40.8 Å². The summed E-state index contributed by atoms with van der Waals surface area (Å²) >= 11 is 0. The van der Waals surface area contributed by atoms with E-state index in [0.29, 0.717) is 34.3 Å². The molecule has 1 saturated heterocycles. The normalized spacial score (nSPS) is 33.5. The van der Waals surface area contributed by atoms with Crippen LogP contribution in [0.3, 0.4) is 0 Å². The first kappa shape index (κ1) is 30.4. The van der Waals surface area contributed by atoms with Crippen molar-refractivity contribution in [1.29, 1.82) is 0 Å². The second-order valence-electron chi connectivity index (χ2n) is 16.5. The fourth-order valence-electron chi connectivity index (χ4n) is 10.4. The topological polar surface area (TPSA) is 91.3 Å². The van der Waals surface area contributed by atoms with E-state index in [9.17, 15) is 14.7 Å². The van der Waals surface area contributed by atoms with Crippen LogP contribution in [-0.4, -0.2) is 34.2 Å². The number of fused-ring (bicyclic) bond motifs is 11. The second-order valence-corrected chi connectivity index (χ2v) is 16.5. The van der Waals surface area contributed by atoms with Crippen LogP contribution in [0.5, 0.6) is 11.5 Å². The summed E-state index contributed by atoms with van der Waals surface area (Å²) in [6, 6.07) is 11.9. The van der Waals surface area contributed by atoms with Gasteiger partial charge in [-0.05, 0) is 85.3 Å². The van der Waals surface area contributed by atoms with E-state index < -0.39 is 23.3 Å². The number of carbonyl (C=O) groups excluding carboxylic acids is 2. The van der Waals surface area contributed by atoms with Crippen molar-refractivity contribution in [3.05, 3.63) is 75.4 Å². The maximum Gasteiger partial charge on any atom is 0.285 e. The lowest BCUT2D eigenvalue weighted by molar-refractivity contribution is -0.148. The number of ketones is 2. The molecular formula is C41H44O7. The third-order valence-electron chi connectivity index (χ3n) is 12.7. The molecular weight excluding hydrogens is 604 g/mol. The van der Waals surface area contributed by atoms with Gasteiger partial charge in [0.1, 0.15) is 11.5 Å². The van der Waals surface area contributed by atoms with Gasteiger partial charge in [-0.15, -0.1) is 0 Å². The number of Topliss-reactive ketones (excluding diaryl/α,β-unsaturated/α-hetero) is 2. The SMILES string of the molecule is CC(=O)C[C@]1(O)C(=O)C2=C(O[C@@H]3Oc4c(C(C)C)cc5c(c4O[C@]23C)C[C@]23CCCC(C)(C)[C@@H]2C[C@@H]5O3)c2ccc3c(C)cccc3c21. The van der Waals surface area contributed by atoms with Gasteiger partial charge in [0.2, 0.25) is 11.4 Å². The Balaban J connectivity index is 1.24. The molecule has 4 heterocycles. The van der Waals surface area contributed by atoms with Crippen molar-refractivity contribution in [3.63, 3.8) is 0 Å². The molecule has 7 heteroatoms. The first-order valence-electron chi connectivity index (χ1n) is 17.6. The summed E-state index contributed by atoms with van der Waals surface area (Å²) in [6.45, 7) is 14.3. The molecule has 1 saturated carbocycles. The Bertz CT molecular complexity index is 2020. The van der Waals surface area contributed by atoms with Gasteiger partial charge in [-0.1, -0.05) is 64.4 Å². The number of carbonyl (C=O) groups is 2. The maximum atomic E-state index is 14.9. The first-order valence-corrected chi connectivity index (χ1v) is 17.6. The van der Waals surface area contributed by atoms with Crippen LogP contribution in [0.25, 0.3) is 16.5 Å². The number of hydrogen-bond donors (Lipinski definition) is 1. The van der Waals surface area contributed by atoms with Gasteiger partial charge in [-0.25, -0.2) is 0 Å². The first-order chi connectivity index (χ1) is 22.7. The highest BCUT2D eigenvalue weighted by Gasteiger charge is 2.65. The molecule has 6 aliphatic rings. The van der Waals surface area contributed by atoms with E-state index in [4.69, 9.17) is 18.9 Å². The minimum atomic E-state index is -2.09. The minimum Gasteiger partial charge on any atom is -0.470 e. The average molecular weight is 649 g/mol. The number of aliphatic hydroxyl groups is 1. The predicted molar refractivity (Wildman–Crippen MR) is 181 cm³/mol. The molecule has 7 nitrogen and oxygen atoms in total. The average Bonchev–Trinajstić information content (AvgIpc) is 3.50. The summed E-state index contributed by atoms with van der Waals surface area (Å²) in [7, 11) is 0. The monoisotopic (exact) mass is 648 g/mol.